The Balaban J connectivity index is 1.89. The van der Waals surface area contributed by atoms with Crippen molar-refractivity contribution in [1.29, 1.82) is 0 Å². The Labute approximate surface area is 150 Å². The summed E-state index contributed by atoms with van der Waals surface area (Å²) in [6, 6.07) is 6.58. The van der Waals surface area contributed by atoms with Crippen molar-refractivity contribution in [2.24, 2.45) is 4.99 Å². The molecule has 1 aliphatic heterocycles. The fourth-order valence-electron chi connectivity index (χ4n) is 3.11. The van der Waals surface area contributed by atoms with Gasteiger partial charge < -0.3 is 15.4 Å². The van der Waals surface area contributed by atoms with Crippen LogP contribution in [0.3, 0.4) is 0 Å². The van der Waals surface area contributed by atoms with E-state index >= 15 is 0 Å². The van der Waals surface area contributed by atoms with E-state index in [0.29, 0.717) is 0 Å². The lowest BCUT2D eigenvalue weighted by Crippen LogP contribution is -2.48. The monoisotopic (exact) mass is 349 g/mol. The smallest absolute Gasteiger partial charge is 0.191 e. The highest BCUT2D eigenvalue weighted by Gasteiger charge is 2.32. The van der Waals surface area contributed by atoms with Gasteiger partial charge in [-0.15, -0.1) is 0 Å². The van der Waals surface area contributed by atoms with E-state index in [4.69, 9.17) is 4.74 Å². The van der Waals surface area contributed by atoms with Crippen LogP contribution in [0, 0.1) is 13.8 Å². The zero-order chi connectivity index (χ0) is 17.4. The first-order chi connectivity index (χ1) is 11.6. The van der Waals surface area contributed by atoms with Crippen molar-refractivity contribution in [3.05, 3.63) is 34.9 Å². The van der Waals surface area contributed by atoms with E-state index in [-0.39, 0.29) is 4.75 Å². The number of ether oxygens (including phenoxy) is 1. The first-order valence-corrected chi connectivity index (χ1v) is 9.79. The average molecular weight is 350 g/mol. The number of nitrogens with one attached hydrogen (secondary N) is 2. The molecular weight excluding hydrogens is 318 g/mol. The van der Waals surface area contributed by atoms with Crippen molar-refractivity contribution in [2.45, 2.75) is 44.9 Å². The number of aryl methyl sites for hydroxylation is 2. The van der Waals surface area contributed by atoms with E-state index in [1.165, 1.54) is 16.7 Å². The Morgan fingerprint density at radius 2 is 2.00 bits per heavy atom. The van der Waals surface area contributed by atoms with Crippen LogP contribution < -0.4 is 10.6 Å². The van der Waals surface area contributed by atoms with Crippen molar-refractivity contribution >= 4 is 17.7 Å². The van der Waals surface area contributed by atoms with Gasteiger partial charge in [0, 0.05) is 38.1 Å². The van der Waals surface area contributed by atoms with Gasteiger partial charge in [0.05, 0.1) is 0 Å². The van der Waals surface area contributed by atoms with Gasteiger partial charge in [-0.2, -0.15) is 11.8 Å². The van der Waals surface area contributed by atoms with Crippen LogP contribution in [0.15, 0.2) is 23.2 Å². The van der Waals surface area contributed by atoms with Crippen molar-refractivity contribution in [2.75, 3.05) is 32.6 Å². The molecule has 0 atom stereocenters. The lowest BCUT2D eigenvalue weighted by molar-refractivity contribution is 0.0782. The zero-order valence-electron chi connectivity index (χ0n) is 15.4. The number of hydrogen-bond donors (Lipinski definition) is 2. The summed E-state index contributed by atoms with van der Waals surface area (Å²) < 4.78 is 5.81. The molecule has 24 heavy (non-hydrogen) atoms. The maximum absolute atomic E-state index is 5.55. The summed E-state index contributed by atoms with van der Waals surface area (Å²) in [5.41, 5.74) is 3.93. The molecule has 0 radical (unpaired) electrons. The topological polar surface area (TPSA) is 45.7 Å². The Hall–Kier alpha value is -1.20. The molecule has 0 aromatic heterocycles. The third-order valence-electron chi connectivity index (χ3n) is 4.60. The Bertz CT molecular complexity index is 548. The van der Waals surface area contributed by atoms with E-state index in [0.717, 1.165) is 50.9 Å². The maximum atomic E-state index is 5.55. The van der Waals surface area contributed by atoms with Gasteiger partial charge in [-0.25, -0.2) is 0 Å². The molecule has 0 bridgehead atoms. The fraction of sp³-hybridized carbons (Fsp3) is 0.632. The lowest BCUT2D eigenvalue weighted by Gasteiger charge is -2.37. The molecule has 0 spiro atoms. The molecule has 0 saturated carbocycles. The zero-order valence-corrected chi connectivity index (χ0v) is 16.3. The predicted molar refractivity (Wildman–Crippen MR) is 105 cm³/mol. The number of guanidine groups is 1. The van der Waals surface area contributed by atoms with Gasteiger partial charge in [0.1, 0.15) is 0 Å². The minimum atomic E-state index is 0.268. The molecule has 0 amide bonds. The normalized spacial score (nSPS) is 17.6. The Morgan fingerprint density at radius 3 is 2.62 bits per heavy atom. The van der Waals surface area contributed by atoms with Crippen LogP contribution in [0.25, 0.3) is 0 Å². The second kappa shape index (κ2) is 9.33. The summed E-state index contributed by atoms with van der Waals surface area (Å²) in [7, 11) is 1.83. The molecule has 1 heterocycles. The fourth-order valence-corrected chi connectivity index (χ4v) is 4.35. The summed E-state index contributed by atoms with van der Waals surface area (Å²) in [5, 5.41) is 6.97. The van der Waals surface area contributed by atoms with Gasteiger partial charge in [0.25, 0.3) is 0 Å². The van der Waals surface area contributed by atoms with Crippen LogP contribution in [-0.4, -0.2) is 43.3 Å². The summed E-state index contributed by atoms with van der Waals surface area (Å²) >= 11 is 2.05. The second-order valence-electron chi connectivity index (χ2n) is 6.44. The van der Waals surface area contributed by atoms with E-state index in [9.17, 15) is 0 Å². The first kappa shape index (κ1) is 19.1. The van der Waals surface area contributed by atoms with Crippen molar-refractivity contribution in [1.82, 2.24) is 10.6 Å². The second-order valence-corrected chi connectivity index (χ2v) is 8.17. The largest absolute Gasteiger partial charge is 0.381 e. The molecular formula is C19H31N3OS. The van der Waals surface area contributed by atoms with E-state index in [1.54, 1.807) is 0 Å². The predicted octanol–water partition coefficient (Wildman–Crippen LogP) is 3.27. The Morgan fingerprint density at radius 1 is 1.25 bits per heavy atom. The number of aliphatic imine (C=N–C) groups is 1. The van der Waals surface area contributed by atoms with Gasteiger partial charge in [0.15, 0.2) is 5.96 Å². The minimum Gasteiger partial charge on any atom is -0.381 e. The summed E-state index contributed by atoms with van der Waals surface area (Å²) in [4.78, 5) is 4.38. The standard InChI is InChI=1S/C19H31N3OS/c1-5-24-19(8-10-23-11-9-19)14-22-18(20-4)21-13-17-7-6-15(2)12-16(17)3/h6-7,12H,5,8-11,13-14H2,1-4H3,(H2,20,21,22). The number of thioether (sulfide) groups is 1. The third kappa shape index (κ3) is 5.42. The highest BCUT2D eigenvalue weighted by Crippen LogP contribution is 2.34. The number of hydrogen-bond acceptors (Lipinski definition) is 3. The van der Waals surface area contributed by atoms with E-state index in [2.05, 4.69) is 54.6 Å². The molecule has 134 valence electrons. The number of benzene rings is 1. The molecule has 1 aliphatic rings. The van der Waals surface area contributed by atoms with Crippen LogP contribution in [0.5, 0.6) is 0 Å². The van der Waals surface area contributed by atoms with Gasteiger partial charge in [0.2, 0.25) is 0 Å². The number of nitrogens with zero attached hydrogens (tertiary/aromatic N) is 1. The molecule has 5 heteroatoms. The molecule has 2 N–H and O–H groups in total. The highest BCUT2D eigenvalue weighted by molar-refractivity contribution is 8.00. The van der Waals surface area contributed by atoms with Crippen LogP contribution in [0.1, 0.15) is 36.5 Å². The van der Waals surface area contributed by atoms with E-state index < -0.39 is 0 Å². The third-order valence-corrected chi connectivity index (χ3v) is 6.05. The van der Waals surface area contributed by atoms with Crippen LogP contribution >= 0.6 is 11.8 Å². The van der Waals surface area contributed by atoms with Crippen molar-refractivity contribution < 1.29 is 4.74 Å². The molecule has 1 aromatic rings. The van der Waals surface area contributed by atoms with Crippen LogP contribution in [0.4, 0.5) is 0 Å². The van der Waals surface area contributed by atoms with Gasteiger partial charge in [-0.1, -0.05) is 30.7 Å². The molecule has 0 aliphatic carbocycles. The quantitative estimate of drug-likeness (QED) is 0.611. The van der Waals surface area contributed by atoms with Crippen molar-refractivity contribution in [3.63, 3.8) is 0 Å². The molecule has 1 aromatic carbocycles. The minimum absolute atomic E-state index is 0.268. The van der Waals surface area contributed by atoms with Gasteiger partial charge >= 0.3 is 0 Å². The van der Waals surface area contributed by atoms with Gasteiger partial charge in [-0.05, 0) is 43.6 Å². The SMILES string of the molecule is CCSC1(CNC(=NC)NCc2ccc(C)cc2C)CCOCC1. The summed E-state index contributed by atoms with van der Waals surface area (Å²) in [5.74, 6) is 2.01. The van der Waals surface area contributed by atoms with Crippen LogP contribution in [-0.2, 0) is 11.3 Å². The maximum Gasteiger partial charge on any atom is 0.191 e. The molecule has 1 saturated heterocycles. The molecule has 1 fully saturated rings. The Kier molecular flexibility index (Phi) is 7.43. The molecule has 0 unspecified atom stereocenters. The van der Waals surface area contributed by atoms with Crippen molar-refractivity contribution in [3.8, 4) is 0 Å². The van der Waals surface area contributed by atoms with E-state index in [1.807, 2.05) is 18.8 Å². The lowest BCUT2D eigenvalue weighted by atomic mass is 9.99. The van der Waals surface area contributed by atoms with Crippen LogP contribution in [0.2, 0.25) is 0 Å². The summed E-state index contributed by atoms with van der Waals surface area (Å²) in [6.07, 6.45) is 2.21. The summed E-state index contributed by atoms with van der Waals surface area (Å²) in [6.45, 7) is 9.98. The molecule has 4 nitrogen and oxygen atoms in total. The van der Waals surface area contributed by atoms with Gasteiger partial charge in [-0.3, -0.25) is 4.99 Å². The first-order valence-electron chi connectivity index (χ1n) is 8.81. The molecule has 2 rings (SSSR count). The average Bonchev–Trinajstić information content (AvgIpc) is 2.57. The number of rotatable bonds is 6. The highest BCUT2D eigenvalue weighted by atomic mass is 32.2.